The van der Waals surface area contributed by atoms with Crippen molar-refractivity contribution in [2.45, 2.75) is 240 Å². The number of aromatic nitrogens is 2. The van der Waals surface area contributed by atoms with E-state index in [9.17, 15) is 39.9 Å². The lowest BCUT2D eigenvalue weighted by Gasteiger charge is -2.18. The Labute approximate surface area is 512 Å². The highest BCUT2D eigenvalue weighted by Crippen LogP contribution is 2.31. The molecule has 0 aliphatic heterocycles. The second-order valence-corrected chi connectivity index (χ2v) is 22.8. The molecule has 1 atom stereocenters. The van der Waals surface area contributed by atoms with Crippen LogP contribution < -0.4 is 11.1 Å². The smallest absolute Gasteiger partial charge is 0.340 e. The van der Waals surface area contributed by atoms with Crippen molar-refractivity contribution >= 4 is 34.7 Å². The third-order valence-corrected chi connectivity index (χ3v) is 15.6. The van der Waals surface area contributed by atoms with Gasteiger partial charge < -0.3 is 19.7 Å². The summed E-state index contributed by atoms with van der Waals surface area (Å²) in [6, 6.07) is 16.9. The molecule has 0 bridgehead atoms. The van der Waals surface area contributed by atoms with Gasteiger partial charge in [-0.05, 0) is 121 Å². The molecule has 0 aliphatic carbocycles. The Morgan fingerprint density at radius 1 is 0.512 bits per heavy atom. The van der Waals surface area contributed by atoms with Crippen molar-refractivity contribution in [3.05, 3.63) is 127 Å². The number of nitriles is 2. The topological polar surface area (TPSA) is 234 Å². The number of unbranched alkanes of at least 4 members (excludes halogenated alkanes) is 24. The molecule has 4 rings (SSSR count). The van der Waals surface area contributed by atoms with Crippen molar-refractivity contribution in [1.29, 1.82) is 10.5 Å². The van der Waals surface area contributed by atoms with E-state index in [1.54, 1.807) is 48.5 Å². The van der Waals surface area contributed by atoms with Gasteiger partial charge in [-0.1, -0.05) is 185 Å². The van der Waals surface area contributed by atoms with Crippen LogP contribution in [-0.4, -0.2) is 44.5 Å². The number of nitrogens with zero attached hydrogens (tertiary/aromatic N) is 8. The van der Waals surface area contributed by atoms with Crippen molar-refractivity contribution in [3.63, 3.8) is 0 Å². The lowest BCUT2D eigenvalue weighted by molar-refractivity contribution is 0.0489. The summed E-state index contributed by atoms with van der Waals surface area (Å²) in [6.45, 7) is 9.81. The van der Waals surface area contributed by atoms with Crippen molar-refractivity contribution in [2.24, 2.45) is 26.4 Å². The van der Waals surface area contributed by atoms with Crippen LogP contribution in [0.4, 0.5) is 22.7 Å². The van der Waals surface area contributed by atoms with Crippen molar-refractivity contribution in [2.75, 3.05) is 13.2 Å². The first-order valence-corrected chi connectivity index (χ1v) is 32.3. The normalized spacial score (nSPS) is 12.0. The summed E-state index contributed by atoms with van der Waals surface area (Å²) >= 11 is 0. The zero-order chi connectivity index (χ0) is 62.2. The third-order valence-electron chi connectivity index (χ3n) is 15.6. The quantitative estimate of drug-likeness (QED) is 0.0184. The number of hydrogen-bond donors (Lipinski definition) is 2. The molecule has 16 nitrogen and oxygen atoms in total. The number of pyridine rings is 2. The van der Waals surface area contributed by atoms with Crippen LogP contribution in [0.2, 0.25) is 0 Å². The number of allylic oxidation sites excluding steroid dienone is 4. The fourth-order valence-electron chi connectivity index (χ4n) is 10.3. The maximum Gasteiger partial charge on any atom is 0.340 e. The molecule has 4 aromatic rings. The first-order valence-electron chi connectivity index (χ1n) is 32.3. The van der Waals surface area contributed by atoms with Crippen LogP contribution in [-0.2, 0) is 22.6 Å². The van der Waals surface area contributed by atoms with E-state index in [-0.39, 0.29) is 88.4 Å². The molecular formula is C70H98N8O8. The molecule has 2 N–H and O–H groups in total. The van der Waals surface area contributed by atoms with Crippen molar-refractivity contribution in [1.82, 2.24) is 9.13 Å². The fourth-order valence-corrected chi connectivity index (χ4v) is 10.3. The van der Waals surface area contributed by atoms with Gasteiger partial charge in [0.2, 0.25) is 0 Å². The third kappa shape index (κ3) is 24.9. The Hall–Kier alpha value is -7.46. The van der Waals surface area contributed by atoms with Crippen LogP contribution in [0.3, 0.4) is 0 Å². The standard InChI is InChI=1S/C70H98N8O8/c1-6-8-10-12-14-16-18-20-22-24-26-28-30-32-34-40-49-85-69(83)57-44-36-38-46-61(57)73-75-63-59(51-71)55(4)65(79)77(67(63)81)48-42-43-54(3)53-78-66(80)56(5)60(52-72)64(68(78)82)76-74-62-47-39-37-45-58(62)70(84)86-50-41-35-33-31-29-27-25-23-21-19-17-15-13-11-9-7-2/h20-23,36-39,44-47,54,79-80H,6-19,24-35,40-43,48-50,53H2,1-5H3. The molecule has 0 amide bonds. The summed E-state index contributed by atoms with van der Waals surface area (Å²) in [7, 11) is 0. The number of hydrogen-bond acceptors (Lipinski definition) is 14. The SMILES string of the molecule is CCCCCCCCC=CCCCCCCCCOC(=O)c1ccccc1N=Nc1c(C#N)c(C)c(O)n(CCCC(C)Cn2c(O)c(C)c(C#N)c(N=Nc3ccccc3C(=O)OCCCCCCCCC=CCCCCCCCC)c2=O)c1=O. The van der Waals surface area contributed by atoms with Crippen molar-refractivity contribution < 1.29 is 29.3 Å². The summed E-state index contributed by atoms with van der Waals surface area (Å²) in [5, 5.41) is 59.5. The summed E-state index contributed by atoms with van der Waals surface area (Å²) in [5.74, 6) is -2.29. The van der Waals surface area contributed by atoms with E-state index in [0.717, 1.165) is 73.3 Å². The Kier molecular flexibility index (Phi) is 35.0. The van der Waals surface area contributed by atoms with Crippen LogP contribution in [0.25, 0.3) is 0 Å². The first-order chi connectivity index (χ1) is 41.9. The van der Waals surface area contributed by atoms with Gasteiger partial charge >= 0.3 is 11.9 Å². The van der Waals surface area contributed by atoms with E-state index in [1.165, 1.54) is 129 Å². The van der Waals surface area contributed by atoms with Crippen LogP contribution in [0.5, 0.6) is 11.8 Å². The van der Waals surface area contributed by atoms with Crippen LogP contribution in [0, 0.1) is 42.4 Å². The monoisotopic (exact) mass is 1180 g/mol. The zero-order valence-corrected chi connectivity index (χ0v) is 52.5. The number of carbonyl (C=O) groups excluding carboxylic acids is 2. The van der Waals surface area contributed by atoms with Gasteiger partial charge in [0.1, 0.15) is 23.5 Å². The minimum Gasteiger partial charge on any atom is -0.494 e. The zero-order valence-electron chi connectivity index (χ0n) is 52.5. The molecule has 0 saturated carbocycles. The average Bonchev–Trinajstić information content (AvgIpc) is 1.05. The van der Waals surface area contributed by atoms with E-state index in [1.807, 2.05) is 19.1 Å². The molecule has 86 heavy (non-hydrogen) atoms. The lowest BCUT2D eigenvalue weighted by Crippen LogP contribution is -2.25. The van der Waals surface area contributed by atoms with Crippen molar-refractivity contribution in [3.8, 4) is 23.9 Å². The van der Waals surface area contributed by atoms with Gasteiger partial charge in [-0.2, -0.15) is 10.5 Å². The second-order valence-electron chi connectivity index (χ2n) is 22.8. The highest BCUT2D eigenvalue weighted by Gasteiger charge is 2.23. The van der Waals surface area contributed by atoms with Crippen LogP contribution in [0.15, 0.2) is 103 Å². The van der Waals surface area contributed by atoms with E-state index in [2.05, 4.69) is 58.6 Å². The van der Waals surface area contributed by atoms with Crippen LogP contribution >= 0.6 is 0 Å². The maximum atomic E-state index is 14.0. The van der Waals surface area contributed by atoms with Gasteiger partial charge in [0.25, 0.3) is 11.1 Å². The number of azo groups is 2. The highest BCUT2D eigenvalue weighted by atomic mass is 16.5. The number of rotatable bonds is 44. The number of esters is 2. The number of ether oxygens (including phenoxy) is 2. The molecule has 0 aliphatic rings. The summed E-state index contributed by atoms with van der Waals surface area (Å²) in [4.78, 5) is 54.5. The molecule has 2 aromatic heterocycles. The Bertz CT molecular complexity index is 3030. The largest absolute Gasteiger partial charge is 0.494 e. The molecular weight excluding hydrogens is 1080 g/mol. The molecule has 1 unspecified atom stereocenters. The Balaban J connectivity index is 1.29. The van der Waals surface area contributed by atoms with Gasteiger partial charge in [0.15, 0.2) is 23.1 Å². The van der Waals surface area contributed by atoms with Gasteiger partial charge in [-0.15, -0.1) is 20.5 Å². The summed E-state index contributed by atoms with van der Waals surface area (Å²) < 4.78 is 13.4. The minimum absolute atomic E-state index is 0.00401. The average molecular weight is 1180 g/mol. The van der Waals surface area contributed by atoms with Gasteiger partial charge in [-0.25, -0.2) is 9.59 Å². The van der Waals surface area contributed by atoms with E-state index in [4.69, 9.17) is 9.47 Å². The molecule has 0 saturated heterocycles. The first kappa shape index (κ1) is 71.0. The summed E-state index contributed by atoms with van der Waals surface area (Å²) in [5.41, 5.74) is -1.65. The van der Waals surface area contributed by atoms with Crippen LogP contribution in [0.1, 0.15) is 256 Å². The van der Waals surface area contributed by atoms with Gasteiger partial charge in [0, 0.05) is 24.2 Å². The predicted octanol–water partition coefficient (Wildman–Crippen LogP) is 19.1. The van der Waals surface area contributed by atoms with E-state index >= 15 is 0 Å². The fraction of sp³-hybridized carbons (Fsp3) is 0.571. The van der Waals surface area contributed by atoms with Gasteiger partial charge in [0.05, 0.1) is 35.5 Å². The maximum absolute atomic E-state index is 14.0. The molecule has 0 radical (unpaired) electrons. The second kappa shape index (κ2) is 42.4. The molecule has 0 fully saturated rings. The molecule has 2 aromatic carbocycles. The summed E-state index contributed by atoms with van der Waals surface area (Å²) in [6.07, 6.45) is 42.8. The predicted molar refractivity (Wildman–Crippen MR) is 343 cm³/mol. The van der Waals surface area contributed by atoms with Gasteiger partial charge in [-0.3, -0.25) is 18.7 Å². The number of aromatic hydroxyl groups is 2. The Morgan fingerprint density at radius 2 is 0.860 bits per heavy atom. The molecule has 16 heteroatoms. The molecule has 466 valence electrons. The van der Waals surface area contributed by atoms with E-state index in [0.29, 0.717) is 12.8 Å². The Morgan fingerprint density at radius 3 is 1.26 bits per heavy atom. The number of benzene rings is 2. The highest BCUT2D eigenvalue weighted by molar-refractivity contribution is 5.95. The van der Waals surface area contributed by atoms with E-state index < -0.39 is 34.8 Å². The molecule has 2 heterocycles. The lowest BCUT2D eigenvalue weighted by atomic mass is 10.0. The number of carbonyl (C=O) groups is 2. The minimum atomic E-state index is -0.768. The molecule has 0 spiro atoms.